The van der Waals surface area contributed by atoms with Crippen LogP contribution in [0.2, 0.25) is 0 Å². The van der Waals surface area contributed by atoms with Crippen molar-refractivity contribution in [3.8, 4) is 0 Å². The molecule has 1 aliphatic rings. The number of anilines is 1. The van der Waals surface area contributed by atoms with E-state index in [-0.39, 0.29) is 23.5 Å². The molecule has 1 heterocycles. The van der Waals surface area contributed by atoms with Crippen molar-refractivity contribution >= 4 is 29.3 Å². The summed E-state index contributed by atoms with van der Waals surface area (Å²) in [5.74, 6) is -0.177. The molecule has 90 valence electrons. The Bertz CT molecular complexity index is 462. The van der Waals surface area contributed by atoms with Crippen molar-refractivity contribution in [3.05, 3.63) is 24.3 Å². The van der Waals surface area contributed by atoms with Gasteiger partial charge in [0, 0.05) is 23.5 Å². The van der Waals surface area contributed by atoms with E-state index >= 15 is 0 Å². The molecule has 2 amide bonds. The number of hydrogen-bond donors (Lipinski definition) is 1. The summed E-state index contributed by atoms with van der Waals surface area (Å²) in [7, 11) is 0. The number of nitrogen functional groups attached to an aromatic ring is 1. The van der Waals surface area contributed by atoms with Crippen LogP contribution in [0.1, 0.15) is 13.3 Å². The molecule has 4 nitrogen and oxygen atoms in total. The quantitative estimate of drug-likeness (QED) is 0.652. The fraction of sp³-hybridized carbons (Fsp3) is 0.333. The fourth-order valence-electron chi connectivity index (χ4n) is 1.83. The molecule has 1 aromatic rings. The minimum atomic E-state index is -0.302. The van der Waals surface area contributed by atoms with Gasteiger partial charge in [-0.25, -0.2) is 0 Å². The average Bonchev–Trinajstić information content (AvgIpc) is 2.54. The van der Waals surface area contributed by atoms with Gasteiger partial charge < -0.3 is 5.73 Å². The third kappa shape index (κ3) is 2.44. The second kappa shape index (κ2) is 4.79. The summed E-state index contributed by atoms with van der Waals surface area (Å²) in [6.07, 6.45) is 0.284. The molecule has 0 aliphatic carbocycles. The van der Waals surface area contributed by atoms with Crippen molar-refractivity contribution in [2.75, 3.05) is 12.3 Å². The molecule has 2 N–H and O–H groups in total. The molecule has 1 unspecified atom stereocenters. The Morgan fingerprint density at radius 1 is 1.47 bits per heavy atom. The highest BCUT2D eigenvalue weighted by atomic mass is 32.2. The van der Waals surface area contributed by atoms with Crippen molar-refractivity contribution in [1.29, 1.82) is 0 Å². The van der Waals surface area contributed by atoms with Gasteiger partial charge in [-0.2, -0.15) is 0 Å². The number of rotatable bonds is 3. The van der Waals surface area contributed by atoms with Crippen LogP contribution in [0.25, 0.3) is 0 Å². The minimum Gasteiger partial charge on any atom is -0.399 e. The Balaban J connectivity index is 2.11. The molecule has 0 aromatic heterocycles. The van der Waals surface area contributed by atoms with E-state index in [9.17, 15) is 9.59 Å². The van der Waals surface area contributed by atoms with Gasteiger partial charge in [0.05, 0.1) is 5.25 Å². The molecule has 1 aromatic carbocycles. The van der Waals surface area contributed by atoms with Gasteiger partial charge >= 0.3 is 0 Å². The number of hydrogen-bond acceptors (Lipinski definition) is 4. The van der Waals surface area contributed by atoms with Gasteiger partial charge in [-0.1, -0.05) is 6.07 Å². The molecular weight excluding hydrogens is 236 g/mol. The van der Waals surface area contributed by atoms with Crippen LogP contribution >= 0.6 is 11.8 Å². The molecule has 2 rings (SSSR count). The number of nitrogens with two attached hydrogens (primary N) is 1. The smallest absolute Gasteiger partial charge is 0.243 e. The SMILES string of the molecule is CCN1C(=O)CC(Sc2cccc(N)c2)C1=O. The van der Waals surface area contributed by atoms with E-state index in [2.05, 4.69) is 0 Å². The van der Waals surface area contributed by atoms with E-state index in [4.69, 9.17) is 5.73 Å². The summed E-state index contributed by atoms with van der Waals surface area (Å²) in [5.41, 5.74) is 6.34. The van der Waals surface area contributed by atoms with E-state index < -0.39 is 0 Å². The molecule has 0 saturated carbocycles. The van der Waals surface area contributed by atoms with Crippen molar-refractivity contribution in [2.24, 2.45) is 0 Å². The number of nitrogens with zero attached hydrogens (tertiary/aromatic N) is 1. The van der Waals surface area contributed by atoms with Gasteiger partial charge in [0.2, 0.25) is 11.8 Å². The van der Waals surface area contributed by atoms with Gasteiger partial charge in [0.1, 0.15) is 0 Å². The van der Waals surface area contributed by atoms with Crippen LogP contribution in [0, 0.1) is 0 Å². The third-order valence-corrected chi connectivity index (χ3v) is 3.83. The van der Waals surface area contributed by atoms with E-state index in [0.717, 1.165) is 4.90 Å². The molecule has 0 radical (unpaired) electrons. The lowest BCUT2D eigenvalue weighted by Crippen LogP contribution is -2.30. The lowest BCUT2D eigenvalue weighted by Gasteiger charge is -2.11. The van der Waals surface area contributed by atoms with Gasteiger partial charge in [-0.3, -0.25) is 14.5 Å². The zero-order chi connectivity index (χ0) is 12.4. The van der Waals surface area contributed by atoms with Crippen LogP contribution < -0.4 is 5.73 Å². The van der Waals surface area contributed by atoms with Crippen LogP contribution in [0.5, 0.6) is 0 Å². The normalized spacial score (nSPS) is 20.1. The zero-order valence-corrected chi connectivity index (χ0v) is 10.4. The largest absolute Gasteiger partial charge is 0.399 e. The number of thioether (sulfide) groups is 1. The van der Waals surface area contributed by atoms with Crippen molar-refractivity contribution < 1.29 is 9.59 Å². The van der Waals surface area contributed by atoms with Crippen LogP contribution in [-0.4, -0.2) is 28.5 Å². The molecule has 1 fully saturated rings. The maximum absolute atomic E-state index is 11.9. The molecule has 1 saturated heterocycles. The van der Waals surface area contributed by atoms with Gasteiger partial charge in [-0.05, 0) is 25.1 Å². The van der Waals surface area contributed by atoms with Crippen molar-refractivity contribution in [2.45, 2.75) is 23.5 Å². The number of carbonyl (C=O) groups excluding carboxylic acids is 2. The number of amides is 2. The maximum Gasteiger partial charge on any atom is 0.243 e. The van der Waals surface area contributed by atoms with Crippen LogP contribution in [0.4, 0.5) is 5.69 Å². The predicted octanol–water partition coefficient (Wildman–Crippen LogP) is 1.51. The summed E-state index contributed by atoms with van der Waals surface area (Å²) in [5, 5.41) is -0.302. The Kier molecular flexibility index (Phi) is 3.38. The Labute approximate surface area is 104 Å². The number of benzene rings is 1. The minimum absolute atomic E-state index is 0.0843. The highest BCUT2D eigenvalue weighted by Gasteiger charge is 2.37. The van der Waals surface area contributed by atoms with Gasteiger partial charge in [0.15, 0.2) is 0 Å². The van der Waals surface area contributed by atoms with Crippen molar-refractivity contribution in [3.63, 3.8) is 0 Å². The van der Waals surface area contributed by atoms with E-state index in [1.807, 2.05) is 25.1 Å². The maximum atomic E-state index is 11.9. The zero-order valence-electron chi connectivity index (χ0n) is 9.55. The van der Waals surface area contributed by atoms with Crippen LogP contribution in [0.15, 0.2) is 29.2 Å². The number of likely N-dealkylation sites (tertiary alicyclic amines) is 1. The second-order valence-electron chi connectivity index (χ2n) is 3.86. The lowest BCUT2D eigenvalue weighted by atomic mass is 10.3. The monoisotopic (exact) mass is 250 g/mol. The van der Waals surface area contributed by atoms with Crippen LogP contribution in [-0.2, 0) is 9.59 Å². The second-order valence-corrected chi connectivity index (χ2v) is 5.14. The summed E-state index contributed by atoms with van der Waals surface area (Å²) < 4.78 is 0. The first-order valence-corrected chi connectivity index (χ1v) is 6.36. The van der Waals surface area contributed by atoms with E-state index in [0.29, 0.717) is 12.2 Å². The molecular formula is C12H14N2O2S. The Morgan fingerprint density at radius 2 is 2.24 bits per heavy atom. The summed E-state index contributed by atoms with van der Waals surface area (Å²) in [6.45, 7) is 2.26. The fourth-order valence-corrected chi connectivity index (χ4v) is 2.97. The predicted molar refractivity (Wildman–Crippen MR) is 67.5 cm³/mol. The molecule has 5 heteroatoms. The highest BCUT2D eigenvalue weighted by molar-refractivity contribution is 8.00. The average molecular weight is 250 g/mol. The van der Waals surface area contributed by atoms with Gasteiger partial charge in [0.25, 0.3) is 0 Å². The molecule has 1 atom stereocenters. The summed E-state index contributed by atoms with van der Waals surface area (Å²) >= 11 is 1.40. The van der Waals surface area contributed by atoms with Gasteiger partial charge in [-0.15, -0.1) is 11.8 Å². The standard InChI is InChI=1S/C12H14N2O2S/c1-2-14-11(15)7-10(12(14)16)17-9-5-3-4-8(13)6-9/h3-6,10H,2,7,13H2,1H3. The first-order valence-electron chi connectivity index (χ1n) is 5.48. The van der Waals surface area contributed by atoms with E-state index in [1.165, 1.54) is 16.7 Å². The van der Waals surface area contributed by atoms with Crippen molar-refractivity contribution in [1.82, 2.24) is 4.90 Å². The molecule has 0 bridgehead atoms. The highest BCUT2D eigenvalue weighted by Crippen LogP contribution is 2.31. The first-order chi connectivity index (χ1) is 8.11. The summed E-state index contributed by atoms with van der Waals surface area (Å²) in [4.78, 5) is 25.7. The Hall–Kier alpha value is -1.49. The Morgan fingerprint density at radius 3 is 2.82 bits per heavy atom. The first kappa shape index (κ1) is 12.0. The number of carbonyl (C=O) groups is 2. The summed E-state index contributed by atoms with van der Waals surface area (Å²) in [6, 6.07) is 7.35. The molecule has 0 spiro atoms. The third-order valence-electron chi connectivity index (χ3n) is 2.66. The molecule has 17 heavy (non-hydrogen) atoms. The lowest BCUT2D eigenvalue weighted by molar-refractivity contribution is -0.137. The van der Waals surface area contributed by atoms with Crippen LogP contribution in [0.3, 0.4) is 0 Å². The topological polar surface area (TPSA) is 63.4 Å². The van der Waals surface area contributed by atoms with E-state index in [1.54, 1.807) is 6.07 Å². The number of imide groups is 1. The molecule has 1 aliphatic heterocycles.